The summed E-state index contributed by atoms with van der Waals surface area (Å²) in [4.78, 5) is 137. The van der Waals surface area contributed by atoms with E-state index in [2.05, 4.69) is 112 Å². The fourth-order valence-electron chi connectivity index (χ4n) is 13.9. The Balaban J connectivity index is 0.000000254. The minimum atomic E-state index is -0.866. The van der Waals surface area contributed by atoms with Crippen LogP contribution in [0.25, 0.3) is 0 Å². The lowest BCUT2D eigenvalue weighted by Crippen LogP contribution is -2.35. The Morgan fingerprint density at radius 1 is 0.362 bits per heavy atom. The summed E-state index contributed by atoms with van der Waals surface area (Å²) in [5.74, 6) is 2.51. The number of unbranched alkanes of at least 4 members (excludes halogenated alkanes) is 2. The molecule has 1 aliphatic carbocycles. The molecule has 16 N–H and O–H groups in total. The van der Waals surface area contributed by atoms with Crippen molar-refractivity contribution in [2.75, 3.05) is 18.8 Å². The zero-order chi connectivity index (χ0) is 101. The monoisotopic (exact) mass is 1910 g/mol. The van der Waals surface area contributed by atoms with Crippen LogP contribution in [0.1, 0.15) is 326 Å². The highest BCUT2D eigenvalue weighted by molar-refractivity contribution is 5.86. The van der Waals surface area contributed by atoms with Crippen LogP contribution >= 0.6 is 0 Å². The van der Waals surface area contributed by atoms with Crippen molar-refractivity contribution in [3.8, 4) is 0 Å². The lowest BCUT2D eigenvalue weighted by molar-refractivity contribution is -0.127. The second-order valence-corrected chi connectivity index (χ2v) is 34.3. The molecule has 6 amide bonds. The fourth-order valence-corrected chi connectivity index (χ4v) is 13.9. The molecule has 6 atom stereocenters. The van der Waals surface area contributed by atoms with E-state index in [1.54, 1.807) is 26.0 Å². The number of aromatic nitrogens is 12. The molecule has 0 saturated heterocycles. The quantitative estimate of drug-likeness (QED) is 0.0125. The molecule has 0 radical (unpaired) electrons. The van der Waals surface area contributed by atoms with Crippen LogP contribution in [0.4, 0.5) is 5.69 Å². The minimum absolute atomic E-state index is 0.0314. The Hall–Kier alpha value is -13.8. The number of Topliss-reactive ketones (excluding diaryl/α,β-unsaturated/α-hetero) is 6. The predicted molar refractivity (Wildman–Crippen MR) is 507 cm³/mol. The van der Waals surface area contributed by atoms with Gasteiger partial charge in [0, 0.05) is 84.5 Å². The number of hydrogen-bond donors (Lipinski definition) is 11. The van der Waals surface area contributed by atoms with Crippen LogP contribution in [0.15, 0.2) is 124 Å². The van der Waals surface area contributed by atoms with E-state index in [-0.39, 0.29) is 161 Å². The number of nitrogen functional groups attached to an aromatic ring is 1. The van der Waals surface area contributed by atoms with Crippen LogP contribution in [0.5, 0.6) is 0 Å². The van der Waals surface area contributed by atoms with E-state index in [1.807, 2.05) is 79.7 Å². The summed E-state index contributed by atoms with van der Waals surface area (Å²) in [7, 11) is 0. The van der Waals surface area contributed by atoms with Crippen LogP contribution in [-0.4, -0.2) is 144 Å². The van der Waals surface area contributed by atoms with E-state index in [9.17, 15) is 57.5 Å². The third-order valence-electron chi connectivity index (χ3n) is 21.2. The molecular weight excluding hydrogens is 1780 g/mol. The lowest BCUT2D eigenvalue weighted by atomic mass is 9.88. The number of nitrogens with zero attached hydrogens (tertiary/aromatic N) is 12. The Morgan fingerprint density at radius 2 is 0.674 bits per heavy atom. The van der Waals surface area contributed by atoms with Gasteiger partial charge in [-0.1, -0.05) is 118 Å². The van der Waals surface area contributed by atoms with E-state index in [0.29, 0.717) is 106 Å². The third kappa shape index (κ3) is 41.8. The molecule has 41 heteroatoms. The number of nitrogens with one attached hydrogen (secondary N) is 6. The van der Waals surface area contributed by atoms with Gasteiger partial charge < -0.3 is 87.1 Å². The number of aryl methyl sites for hydroxylation is 1. The van der Waals surface area contributed by atoms with Crippen molar-refractivity contribution in [3.05, 3.63) is 207 Å². The number of ketones is 6. The highest BCUT2D eigenvalue weighted by Gasteiger charge is 2.35. The van der Waals surface area contributed by atoms with Gasteiger partial charge in [-0.05, 0) is 184 Å². The van der Waals surface area contributed by atoms with Crippen LogP contribution < -0.4 is 60.6 Å². The zero-order valence-electron chi connectivity index (χ0n) is 81.5. The van der Waals surface area contributed by atoms with Crippen molar-refractivity contribution >= 4 is 75.8 Å². The van der Waals surface area contributed by atoms with Gasteiger partial charge in [0.05, 0.1) is 32.1 Å². The third-order valence-corrected chi connectivity index (χ3v) is 21.2. The van der Waals surface area contributed by atoms with Crippen LogP contribution in [0.2, 0.25) is 0 Å². The second-order valence-electron chi connectivity index (χ2n) is 34.3. The number of nitrogens with two attached hydrogens (primary N) is 5. The normalized spacial score (nSPS) is 12.9. The maximum atomic E-state index is 12.5. The topological polar surface area (TPSA) is 641 Å². The molecular formula is C97H135N23O18. The van der Waals surface area contributed by atoms with E-state index in [0.717, 1.165) is 97.6 Å². The van der Waals surface area contributed by atoms with Crippen molar-refractivity contribution in [1.29, 1.82) is 0 Å². The van der Waals surface area contributed by atoms with Crippen LogP contribution in [0.3, 0.4) is 0 Å². The summed E-state index contributed by atoms with van der Waals surface area (Å²) < 4.78 is 33.3. The van der Waals surface area contributed by atoms with Gasteiger partial charge in [-0.15, -0.1) is 61.2 Å². The smallest absolute Gasteiger partial charge is 0.239 e. The van der Waals surface area contributed by atoms with E-state index >= 15 is 0 Å². The number of amides is 6. The number of hydrogen-bond acceptors (Lipinski definition) is 35. The van der Waals surface area contributed by atoms with Gasteiger partial charge in [0.1, 0.15) is 76.4 Å². The standard InChI is InChI=1S/C18H24N4O3.C17H28N4O3.C17H21N3O3.C16H20N4O3.C15H18N4O3.C14H24N4O3/c1-11(23)18(3,4)17-22-21-16(25-17)15(20-12(2)24)9-13-5-7-14(10-19)8-6-13;1-12(22)11-15-20-21-17(24-15)14(9-5-6-10-18)19-16(23)13-7-3-2-4-8-13;1-4-13-6-5-7-14(9-13)10-15(18-12(3)22)17-20-19-16(23-17)8-11(2)21;1-10(21)7-15-19-20-16(23-15)14(18-11(2)22)8-12-3-5-13(9-17)6-4-12;1-9(20)7-14-18-19-15(22-14)13(17-10(2)21)8-11-3-5-12(16)6-4-11;1-3-6-12(20)16-11(7-4-5-8-15)14-18-17-13(21-14)9-10(2)19/h5-8,15H,9-10,19H2,1-4H3,(H,20,24);13-14H,2-11,18H2,1H3,(H,19,23);5-7,9,15H,4,8,10H2,1-3H3,(H,18,22);3-6,14H,7-9,17H2,1-2H3,(H,18,22);3-6,13H,7-8,16H2,1-2H3,(H,17,21);11H,3-9,15H2,1-2H3,(H,16,20)/t15-;14-;15-;14-;13-;11-/m000000/s1. The van der Waals surface area contributed by atoms with Crippen LogP contribution in [0, 0.1) is 5.92 Å². The summed E-state index contributed by atoms with van der Waals surface area (Å²) in [6, 6.07) is 28.7. The molecule has 41 nitrogen and oxygen atoms in total. The van der Waals surface area contributed by atoms with Crippen LogP contribution in [-0.2, 0) is 140 Å². The Bertz CT molecular complexity index is 5500. The molecule has 6 aromatic heterocycles. The molecule has 4 aromatic carbocycles. The predicted octanol–water partition coefficient (Wildman–Crippen LogP) is 9.64. The SMILES string of the molecule is CC(=O)Cc1nnc([C@H](CCCCN)NC(=O)C2CCCCC2)o1.CC(=O)Cc1nnc([C@H](Cc2ccc(CN)cc2)NC(C)=O)o1.CC(=O)Cc1nnc([C@H](Cc2ccc(N)cc2)NC(C)=O)o1.CC(=O)N[C@@H](Cc1ccc(CN)cc1)c1nnc(C(C)(C)C(C)=O)o1.CCCC(=O)N[C@@H](CCCCN)c1nnc(CC(C)=O)o1.CCc1cccc(C[C@H](NC(C)=O)c2nnc(CC(C)=O)o2)c1. The zero-order valence-corrected chi connectivity index (χ0v) is 81.5. The summed E-state index contributed by atoms with van der Waals surface area (Å²) in [5.41, 5.74) is 35.0. The first-order chi connectivity index (χ1) is 65.8. The van der Waals surface area contributed by atoms with E-state index < -0.39 is 29.6 Å². The molecule has 138 heavy (non-hydrogen) atoms. The number of carbonyl (C=O) groups is 12. The summed E-state index contributed by atoms with van der Waals surface area (Å²) in [5, 5.41) is 64.4. The van der Waals surface area contributed by atoms with Gasteiger partial charge in [0.2, 0.25) is 106 Å². The van der Waals surface area contributed by atoms with Gasteiger partial charge >= 0.3 is 0 Å². The highest BCUT2D eigenvalue weighted by Crippen LogP contribution is 2.30. The summed E-state index contributed by atoms with van der Waals surface area (Å²) >= 11 is 0. The van der Waals surface area contributed by atoms with Crippen molar-refractivity contribution in [2.24, 2.45) is 28.9 Å². The average molecular weight is 1910 g/mol. The van der Waals surface area contributed by atoms with E-state index in [1.165, 1.54) is 81.2 Å². The first-order valence-electron chi connectivity index (χ1n) is 46.3. The van der Waals surface area contributed by atoms with Gasteiger partial charge in [-0.3, -0.25) is 57.5 Å². The molecule has 11 rings (SSSR count). The van der Waals surface area contributed by atoms with Gasteiger partial charge in [-0.25, -0.2) is 0 Å². The number of benzene rings is 4. The first-order valence-corrected chi connectivity index (χ1v) is 46.3. The molecule has 1 saturated carbocycles. The fraction of sp³-hybridized carbons (Fsp3) is 0.505. The molecule has 0 spiro atoms. The largest absolute Gasteiger partial charge is 0.423 e. The molecule has 1 aliphatic rings. The molecule has 1 fully saturated rings. The molecule has 746 valence electrons. The Morgan fingerprint density at radius 3 is 0.993 bits per heavy atom. The number of anilines is 1. The van der Waals surface area contributed by atoms with Crippen molar-refractivity contribution in [2.45, 2.75) is 299 Å². The molecule has 0 aliphatic heterocycles. The molecule has 0 unspecified atom stereocenters. The highest BCUT2D eigenvalue weighted by atomic mass is 16.4. The maximum Gasteiger partial charge on any atom is 0.239 e. The van der Waals surface area contributed by atoms with Gasteiger partial charge in [-0.2, -0.15) is 0 Å². The Labute approximate surface area is 802 Å². The molecule has 10 aromatic rings. The lowest BCUT2D eigenvalue weighted by Gasteiger charge is -2.23. The van der Waals surface area contributed by atoms with E-state index in [4.69, 9.17) is 55.2 Å². The van der Waals surface area contributed by atoms with Crippen molar-refractivity contribution in [3.63, 3.8) is 0 Å². The summed E-state index contributed by atoms with van der Waals surface area (Å²) in [6.45, 7) is 24.2. The number of carbonyl (C=O) groups excluding carboxylic acids is 12. The molecule has 6 heterocycles. The van der Waals surface area contributed by atoms with Gasteiger partial charge in [0.25, 0.3) is 0 Å². The first kappa shape index (κ1) is 113. The van der Waals surface area contributed by atoms with Crippen molar-refractivity contribution in [1.82, 2.24) is 93.1 Å². The average Bonchev–Trinajstić information content (AvgIpc) is 1.66. The number of rotatable bonds is 46. The maximum absolute atomic E-state index is 12.5. The minimum Gasteiger partial charge on any atom is -0.423 e. The van der Waals surface area contributed by atoms with Crippen molar-refractivity contribution < 1.29 is 84.0 Å². The van der Waals surface area contributed by atoms with Gasteiger partial charge in [0.15, 0.2) is 0 Å². The summed E-state index contributed by atoms with van der Waals surface area (Å²) in [6.07, 6.45) is 14.9. The molecule has 0 bridgehead atoms. The Kier molecular flexibility index (Phi) is 48.5. The second kappa shape index (κ2) is 59.3.